The van der Waals surface area contributed by atoms with Crippen molar-refractivity contribution < 1.29 is 4.79 Å². The third-order valence-corrected chi connectivity index (χ3v) is 5.16. The fourth-order valence-electron chi connectivity index (χ4n) is 3.38. The van der Waals surface area contributed by atoms with Crippen molar-refractivity contribution in [2.45, 2.75) is 53.1 Å². The van der Waals surface area contributed by atoms with E-state index in [1.165, 1.54) is 16.7 Å². The smallest absolute Gasteiger partial charge is 0.220 e. The number of aryl methyl sites for hydroxylation is 3. The van der Waals surface area contributed by atoms with Crippen LogP contribution in [0, 0.1) is 20.8 Å². The van der Waals surface area contributed by atoms with Gasteiger partial charge in [0.2, 0.25) is 5.91 Å². The van der Waals surface area contributed by atoms with E-state index in [4.69, 9.17) is 0 Å². The topological polar surface area (TPSA) is 46.9 Å². The molecule has 2 aromatic carbocycles. The van der Waals surface area contributed by atoms with Crippen molar-refractivity contribution in [3.8, 4) is 0 Å². The summed E-state index contributed by atoms with van der Waals surface area (Å²) >= 11 is 0. The highest BCUT2D eigenvalue weighted by Crippen LogP contribution is 2.15. The van der Waals surface area contributed by atoms with Crippen molar-refractivity contribution in [2.75, 3.05) is 0 Å². The molecule has 0 unspecified atom stereocenters. The minimum Gasteiger partial charge on any atom is -0.352 e. The van der Waals surface area contributed by atoms with E-state index in [0.717, 1.165) is 36.3 Å². The number of carbonyl (C=O) groups is 1. The molecule has 146 valence electrons. The van der Waals surface area contributed by atoms with Crippen molar-refractivity contribution in [3.63, 3.8) is 0 Å². The predicted molar refractivity (Wildman–Crippen MR) is 113 cm³/mol. The first-order valence-corrected chi connectivity index (χ1v) is 9.92. The van der Waals surface area contributed by atoms with Crippen molar-refractivity contribution in [2.24, 2.45) is 0 Å². The first kappa shape index (κ1) is 19.9. The van der Waals surface area contributed by atoms with Gasteiger partial charge < -0.3 is 5.32 Å². The number of rotatable bonds is 8. The van der Waals surface area contributed by atoms with Gasteiger partial charge in [0.05, 0.1) is 12.2 Å². The molecule has 3 rings (SSSR count). The molecule has 0 fully saturated rings. The SMILES string of the molecule is Cc1ccc(CCCC(=O)NCc2c(C)nn(Cc3ccccc3)c2C)cc1. The maximum absolute atomic E-state index is 12.2. The summed E-state index contributed by atoms with van der Waals surface area (Å²) in [6.45, 7) is 7.45. The molecule has 0 bridgehead atoms. The Hall–Kier alpha value is -2.88. The summed E-state index contributed by atoms with van der Waals surface area (Å²) in [5.41, 5.74) is 6.98. The zero-order chi connectivity index (χ0) is 19.9. The van der Waals surface area contributed by atoms with Crippen LogP contribution in [0.4, 0.5) is 0 Å². The second-order valence-electron chi connectivity index (χ2n) is 7.41. The van der Waals surface area contributed by atoms with Crippen LogP contribution < -0.4 is 5.32 Å². The molecule has 0 saturated carbocycles. The van der Waals surface area contributed by atoms with Gasteiger partial charge in [-0.2, -0.15) is 5.10 Å². The van der Waals surface area contributed by atoms with Crippen LogP contribution in [-0.2, 0) is 24.3 Å². The normalized spacial score (nSPS) is 10.8. The Morgan fingerprint density at radius 1 is 0.964 bits per heavy atom. The average molecular weight is 376 g/mol. The zero-order valence-electron chi connectivity index (χ0n) is 17.0. The quantitative estimate of drug-likeness (QED) is 0.630. The number of hydrogen-bond donors (Lipinski definition) is 1. The van der Waals surface area contributed by atoms with Crippen LogP contribution in [0.3, 0.4) is 0 Å². The van der Waals surface area contributed by atoms with Crippen LogP contribution in [0.2, 0.25) is 0 Å². The third-order valence-electron chi connectivity index (χ3n) is 5.16. The summed E-state index contributed by atoms with van der Waals surface area (Å²) in [5, 5.41) is 7.72. The van der Waals surface area contributed by atoms with E-state index in [2.05, 4.69) is 60.7 Å². The summed E-state index contributed by atoms with van der Waals surface area (Å²) in [5.74, 6) is 0.0988. The highest BCUT2D eigenvalue weighted by atomic mass is 16.1. The Morgan fingerprint density at radius 2 is 1.68 bits per heavy atom. The van der Waals surface area contributed by atoms with Crippen molar-refractivity contribution in [1.29, 1.82) is 0 Å². The summed E-state index contributed by atoms with van der Waals surface area (Å²) in [4.78, 5) is 12.2. The molecule has 0 aliphatic heterocycles. The number of amides is 1. The molecule has 1 aromatic heterocycles. The fraction of sp³-hybridized carbons (Fsp3) is 0.333. The summed E-state index contributed by atoms with van der Waals surface area (Å²) < 4.78 is 2.02. The molecule has 0 spiro atoms. The second-order valence-corrected chi connectivity index (χ2v) is 7.41. The van der Waals surface area contributed by atoms with E-state index >= 15 is 0 Å². The lowest BCUT2D eigenvalue weighted by atomic mass is 10.1. The summed E-state index contributed by atoms with van der Waals surface area (Å²) in [7, 11) is 0. The van der Waals surface area contributed by atoms with Gasteiger partial charge in [-0.3, -0.25) is 9.48 Å². The maximum atomic E-state index is 12.2. The Morgan fingerprint density at radius 3 is 2.39 bits per heavy atom. The molecule has 0 atom stereocenters. The molecule has 3 aromatic rings. The molecule has 28 heavy (non-hydrogen) atoms. The highest BCUT2D eigenvalue weighted by molar-refractivity contribution is 5.75. The number of hydrogen-bond acceptors (Lipinski definition) is 2. The number of nitrogens with zero attached hydrogens (tertiary/aromatic N) is 2. The van der Waals surface area contributed by atoms with Crippen LogP contribution in [0.1, 0.15) is 46.5 Å². The van der Waals surface area contributed by atoms with Gasteiger partial charge in [0, 0.05) is 24.2 Å². The minimum absolute atomic E-state index is 0.0988. The average Bonchev–Trinajstić information content (AvgIpc) is 2.95. The van der Waals surface area contributed by atoms with Gasteiger partial charge in [0.15, 0.2) is 0 Å². The minimum atomic E-state index is 0.0988. The molecule has 0 radical (unpaired) electrons. The lowest BCUT2D eigenvalue weighted by Crippen LogP contribution is -2.23. The number of carbonyl (C=O) groups excluding carboxylic acids is 1. The Labute approximate surface area is 167 Å². The van der Waals surface area contributed by atoms with E-state index in [1.807, 2.05) is 29.8 Å². The number of nitrogens with one attached hydrogen (secondary N) is 1. The molecular weight excluding hydrogens is 346 g/mol. The summed E-state index contributed by atoms with van der Waals surface area (Å²) in [6.07, 6.45) is 2.34. The molecule has 1 N–H and O–H groups in total. The number of benzene rings is 2. The van der Waals surface area contributed by atoms with E-state index in [-0.39, 0.29) is 5.91 Å². The van der Waals surface area contributed by atoms with Crippen molar-refractivity contribution in [1.82, 2.24) is 15.1 Å². The first-order chi connectivity index (χ1) is 13.5. The molecule has 1 heterocycles. The zero-order valence-corrected chi connectivity index (χ0v) is 17.0. The monoisotopic (exact) mass is 375 g/mol. The maximum Gasteiger partial charge on any atom is 0.220 e. The Balaban J connectivity index is 1.49. The number of aromatic nitrogens is 2. The molecule has 0 aliphatic carbocycles. The third kappa shape index (κ3) is 5.32. The van der Waals surface area contributed by atoms with Gasteiger partial charge in [0.25, 0.3) is 0 Å². The second kappa shape index (κ2) is 9.36. The first-order valence-electron chi connectivity index (χ1n) is 9.92. The predicted octanol–water partition coefficient (Wildman–Crippen LogP) is 4.50. The molecule has 0 aliphatic rings. The molecule has 0 saturated heterocycles. The molecule has 4 nitrogen and oxygen atoms in total. The van der Waals surface area contributed by atoms with Crippen LogP contribution in [0.25, 0.3) is 0 Å². The molecular formula is C24H29N3O. The van der Waals surface area contributed by atoms with Gasteiger partial charge in [-0.05, 0) is 44.7 Å². The fourth-order valence-corrected chi connectivity index (χ4v) is 3.38. The largest absolute Gasteiger partial charge is 0.352 e. The van der Waals surface area contributed by atoms with E-state index in [9.17, 15) is 4.79 Å². The lowest BCUT2D eigenvalue weighted by molar-refractivity contribution is -0.121. The molecule has 1 amide bonds. The van der Waals surface area contributed by atoms with Crippen LogP contribution >= 0.6 is 0 Å². The van der Waals surface area contributed by atoms with Gasteiger partial charge in [0.1, 0.15) is 0 Å². The van der Waals surface area contributed by atoms with Crippen LogP contribution in [-0.4, -0.2) is 15.7 Å². The van der Waals surface area contributed by atoms with Crippen LogP contribution in [0.15, 0.2) is 54.6 Å². The lowest BCUT2D eigenvalue weighted by Gasteiger charge is -2.08. The Kier molecular flexibility index (Phi) is 6.64. The van der Waals surface area contributed by atoms with Gasteiger partial charge in [-0.15, -0.1) is 0 Å². The summed E-state index contributed by atoms with van der Waals surface area (Å²) in [6, 6.07) is 18.8. The van der Waals surface area contributed by atoms with Gasteiger partial charge in [-0.25, -0.2) is 0 Å². The van der Waals surface area contributed by atoms with Gasteiger partial charge in [-0.1, -0.05) is 60.2 Å². The van der Waals surface area contributed by atoms with Crippen molar-refractivity contribution in [3.05, 3.63) is 88.2 Å². The van der Waals surface area contributed by atoms with Crippen molar-refractivity contribution >= 4 is 5.91 Å². The standard InChI is InChI=1S/C24H29N3O/c1-18-12-14-21(15-13-18)10-7-11-24(28)25-16-23-19(2)26-27(20(23)3)17-22-8-5-4-6-9-22/h4-6,8-9,12-15H,7,10-11,16-17H2,1-3H3,(H,25,28). The molecule has 4 heteroatoms. The van der Waals surface area contributed by atoms with Crippen LogP contribution in [0.5, 0.6) is 0 Å². The van der Waals surface area contributed by atoms with Gasteiger partial charge >= 0.3 is 0 Å². The van der Waals surface area contributed by atoms with E-state index < -0.39 is 0 Å². The highest BCUT2D eigenvalue weighted by Gasteiger charge is 2.13. The van der Waals surface area contributed by atoms with E-state index in [1.54, 1.807) is 0 Å². The van der Waals surface area contributed by atoms with E-state index in [0.29, 0.717) is 13.0 Å². The Bertz CT molecular complexity index is 911.